The monoisotopic (exact) mass is 268 g/mol. The molecule has 0 heterocycles. The van der Waals surface area contributed by atoms with Crippen LogP contribution in [0.25, 0.3) is 0 Å². The molecule has 1 aromatic carbocycles. The fraction of sp³-hybridized carbons (Fsp3) is 0.400. The van der Waals surface area contributed by atoms with E-state index in [1.54, 1.807) is 0 Å². The summed E-state index contributed by atoms with van der Waals surface area (Å²) in [5.41, 5.74) is -4.54. The zero-order valence-electron chi connectivity index (χ0n) is 9.15. The molecule has 0 aliphatic rings. The fourth-order valence-corrected chi connectivity index (χ4v) is 1.54. The number of hydrogen-bond acceptors (Lipinski definition) is 3. The Morgan fingerprint density at radius 1 is 1.12 bits per heavy atom. The molecule has 96 valence electrons. The van der Waals surface area contributed by atoms with Crippen LogP contribution in [0.2, 0.25) is 0 Å². The molecule has 0 N–H and O–H groups in total. The lowest BCUT2D eigenvalue weighted by atomic mass is 10.0. The highest BCUT2D eigenvalue weighted by atomic mass is 32.2. The molecule has 0 aliphatic heterocycles. The average Bonchev–Trinajstić information content (AvgIpc) is 2.16. The predicted molar refractivity (Wildman–Crippen MR) is 56.1 cm³/mol. The highest BCUT2D eigenvalue weighted by Gasteiger charge is 2.48. The van der Waals surface area contributed by atoms with E-state index in [9.17, 15) is 21.6 Å². The van der Waals surface area contributed by atoms with Crippen LogP contribution in [-0.4, -0.2) is 13.9 Å². The lowest BCUT2D eigenvalue weighted by molar-refractivity contribution is -0.0500. The summed E-state index contributed by atoms with van der Waals surface area (Å²) in [6, 6.07) is 5.43. The molecule has 0 spiro atoms. The van der Waals surface area contributed by atoms with E-state index in [0.717, 1.165) is 5.56 Å². The molecular formula is C10H11F3O3S. The van der Waals surface area contributed by atoms with Crippen molar-refractivity contribution in [3.8, 4) is 5.75 Å². The summed E-state index contributed by atoms with van der Waals surface area (Å²) >= 11 is 0. The van der Waals surface area contributed by atoms with E-state index in [4.69, 9.17) is 0 Å². The summed E-state index contributed by atoms with van der Waals surface area (Å²) in [4.78, 5) is 0. The van der Waals surface area contributed by atoms with Crippen molar-refractivity contribution in [1.82, 2.24) is 0 Å². The van der Waals surface area contributed by atoms with Crippen LogP contribution in [0, 0.1) is 0 Å². The van der Waals surface area contributed by atoms with Gasteiger partial charge in [-0.1, -0.05) is 26.0 Å². The zero-order valence-corrected chi connectivity index (χ0v) is 9.97. The molecule has 0 radical (unpaired) electrons. The van der Waals surface area contributed by atoms with Crippen molar-refractivity contribution in [2.45, 2.75) is 25.3 Å². The molecule has 0 fully saturated rings. The maximum atomic E-state index is 12.0. The van der Waals surface area contributed by atoms with Crippen molar-refractivity contribution >= 4 is 10.1 Å². The maximum absolute atomic E-state index is 12.0. The quantitative estimate of drug-likeness (QED) is 0.625. The Kier molecular flexibility index (Phi) is 3.71. The first-order valence-electron chi connectivity index (χ1n) is 4.74. The first-order chi connectivity index (χ1) is 7.63. The standard InChI is InChI=1S/C10H11F3O3S/c1-7(2)8-3-5-9(6-4-8)16-17(14,15)10(11,12)13/h3-7H,1-2H3. The molecular weight excluding hydrogens is 257 g/mol. The molecule has 0 amide bonds. The molecule has 0 aliphatic carbocycles. The van der Waals surface area contributed by atoms with Crippen molar-refractivity contribution < 1.29 is 25.8 Å². The van der Waals surface area contributed by atoms with Gasteiger partial charge >= 0.3 is 15.6 Å². The number of alkyl halides is 3. The Labute approximate surface area is 97.3 Å². The van der Waals surface area contributed by atoms with Crippen molar-refractivity contribution in [3.05, 3.63) is 29.8 Å². The van der Waals surface area contributed by atoms with Crippen LogP contribution in [0.4, 0.5) is 13.2 Å². The minimum absolute atomic E-state index is 0.197. The lowest BCUT2D eigenvalue weighted by Gasteiger charge is -2.10. The average molecular weight is 268 g/mol. The number of halogens is 3. The molecule has 3 nitrogen and oxygen atoms in total. The highest BCUT2D eigenvalue weighted by Crippen LogP contribution is 2.27. The Morgan fingerprint density at radius 3 is 1.94 bits per heavy atom. The maximum Gasteiger partial charge on any atom is 0.534 e. The van der Waals surface area contributed by atoms with Crippen LogP contribution in [0.1, 0.15) is 25.3 Å². The van der Waals surface area contributed by atoms with Crippen LogP contribution >= 0.6 is 0 Å². The Morgan fingerprint density at radius 2 is 1.59 bits per heavy atom. The van der Waals surface area contributed by atoms with Crippen molar-refractivity contribution in [1.29, 1.82) is 0 Å². The van der Waals surface area contributed by atoms with E-state index in [1.807, 2.05) is 13.8 Å². The molecule has 0 aromatic heterocycles. The number of rotatable bonds is 3. The minimum atomic E-state index is -5.58. The molecule has 1 rings (SSSR count). The Hall–Kier alpha value is -1.24. The summed E-state index contributed by atoms with van der Waals surface area (Å²) in [5.74, 6) is -0.157. The van der Waals surface area contributed by atoms with Gasteiger partial charge in [-0.15, -0.1) is 0 Å². The third-order valence-corrected chi connectivity index (χ3v) is 3.01. The van der Waals surface area contributed by atoms with E-state index in [0.29, 0.717) is 0 Å². The third-order valence-electron chi connectivity index (χ3n) is 2.04. The van der Waals surface area contributed by atoms with Gasteiger partial charge < -0.3 is 4.18 Å². The van der Waals surface area contributed by atoms with Crippen LogP contribution in [0.3, 0.4) is 0 Å². The van der Waals surface area contributed by atoms with Crippen molar-refractivity contribution in [2.75, 3.05) is 0 Å². The van der Waals surface area contributed by atoms with Gasteiger partial charge in [0.25, 0.3) is 0 Å². The second kappa shape index (κ2) is 4.56. The molecule has 0 saturated carbocycles. The SMILES string of the molecule is CC(C)c1ccc(OS(=O)(=O)C(F)(F)F)cc1. The highest BCUT2D eigenvalue weighted by molar-refractivity contribution is 7.87. The number of benzene rings is 1. The summed E-state index contributed by atoms with van der Waals surface area (Å²) in [7, 11) is -5.58. The Balaban J connectivity index is 2.91. The largest absolute Gasteiger partial charge is 0.534 e. The first kappa shape index (κ1) is 13.8. The van der Waals surface area contributed by atoms with E-state index < -0.39 is 15.6 Å². The van der Waals surface area contributed by atoms with Gasteiger partial charge in [0.1, 0.15) is 5.75 Å². The predicted octanol–water partition coefficient (Wildman–Crippen LogP) is 3.04. The van der Waals surface area contributed by atoms with Gasteiger partial charge in [-0.2, -0.15) is 21.6 Å². The Bertz CT molecular complexity index is 475. The molecule has 7 heteroatoms. The molecule has 0 bridgehead atoms. The van der Waals surface area contributed by atoms with Crippen molar-refractivity contribution in [3.63, 3.8) is 0 Å². The van der Waals surface area contributed by atoms with E-state index in [-0.39, 0.29) is 11.7 Å². The van der Waals surface area contributed by atoms with Gasteiger partial charge in [0.15, 0.2) is 0 Å². The summed E-state index contributed by atoms with van der Waals surface area (Å²) < 4.78 is 61.4. The van der Waals surface area contributed by atoms with Crippen LogP contribution in [0.5, 0.6) is 5.75 Å². The second-order valence-corrected chi connectivity index (χ2v) is 5.24. The van der Waals surface area contributed by atoms with Crippen LogP contribution < -0.4 is 4.18 Å². The zero-order chi connectivity index (χ0) is 13.3. The molecule has 17 heavy (non-hydrogen) atoms. The molecule has 1 aromatic rings. The molecule has 0 atom stereocenters. The number of hydrogen-bond donors (Lipinski definition) is 0. The fourth-order valence-electron chi connectivity index (χ4n) is 1.08. The first-order valence-corrected chi connectivity index (χ1v) is 6.15. The van der Waals surface area contributed by atoms with Crippen LogP contribution in [0.15, 0.2) is 24.3 Å². The van der Waals surface area contributed by atoms with Gasteiger partial charge in [0.05, 0.1) is 0 Å². The smallest absolute Gasteiger partial charge is 0.376 e. The van der Waals surface area contributed by atoms with Crippen molar-refractivity contribution in [2.24, 2.45) is 0 Å². The van der Waals surface area contributed by atoms with Gasteiger partial charge in [-0.3, -0.25) is 0 Å². The third kappa shape index (κ3) is 3.36. The lowest BCUT2D eigenvalue weighted by Crippen LogP contribution is -2.28. The van der Waals surface area contributed by atoms with Crippen LogP contribution in [-0.2, 0) is 10.1 Å². The summed E-state index contributed by atoms with van der Waals surface area (Å²) in [6.45, 7) is 3.81. The minimum Gasteiger partial charge on any atom is -0.376 e. The van der Waals surface area contributed by atoms with Gasteiger partial charge in [-0.25, -0.2) is 0 Å². The van der Waals surface area contributed by atoms with E-state index in [2.05, 4.69) is 4.18 Å². The normalized spacial score (nSPS) is 12.8. The summed E-state index contributed by atoms with van der Waals surface area (Å²) in [5, 5.41) is 0. The van der Waals surface area contributed by atoms with E-state index in [1.165, 1.54) is 24.3 Å². The van der Waals surface area contributed by atoms with Gasteiger partial charge in [-0.05, 0) is 23.6 Å². The topological polar surface area (TPSA) is 43.4 Å². The molecule has 0 saturated heterocycles. The summed E-state index contributed by atoms with van der Waals surface area (Å²) in [6.07, 6.45) is 0. The second-order valence-electron chi connectivity index (χ2n) is 3.71. The molecule has 0 unspecified atom stereocenters. The van der Waals surface area contributed by atoms with Gasteiger partial charge in [0.2, 0.25) is 0 Å². The van der Waals surface area contributed by atoms with E-state index >= 15 is 0 Å². The van der Waals surface area contributed by atoms with Gasteiger partial charge in [0, 0.05) is 0 Å².